The van der Waals surface area contributed by atoms with Crippen molar-refractivity contribution in [1.82, 2.24) is 0 Å². The molecule has 3 N–H and O–H groups in total. The van der Waals surface area contributed by atoms with Gasteiger partial charge in [0.2, 0.25) is 5.91 Å². The number of benzene rings is 1. The molecule has 0 saturated heterocycles. The maximum absolute atomic E-state index is 11.8. The van der Waals surface area contributed by atoms with Crippen molar-refractivity contribution in [2.75, 3.05) is 5.32 Å². The van der Waals surface area contributed by atoms with Gasteiger partial charge in [-0.3, -0.25) is 14.9 Å². The number of nitrogens with zero attached hydrogens (tertiary/aromatic N) is 1. The van der Waals surface area contributed by atoms with Gasteiger partial charge in [0, 0.05) is 29.8 Å². The van der Waals surface area contributed by atoms with Gasteiger partial charge in [0.15, 0.2) is 0 Å². The smallest absolute Gasteiger partial charge is 0.274 e. The van der Waals surface area contributed by atoms with Gasteiger partial charge in [-0.1, -0.05) is 26.3 Å². The van der Waals surface area contributed by atoms with Crippen LogP contribution in [0, 0.1) is 10.1 Å². The first-order valence-electron chi connectivity index (χ1n) is 6.80. The van der Waals surface area contributed by atoms with Gasteiger partial charge < -0.3 is 11.1 Å². The number of nitro groups is 1. The second-order valence-corrected chi connectivity index (χ2v) is 4.76. The van der Waals surface area contributed by atoms with Gasteiger partial charge in [0.05, 0.1) is 4.92 Å². The van der Waals surface area contributed by atoms with E-state index in [9.17, 15) is 14.9 Å². The minimum absolute atomic E-state index is 0.0307. The number of amides is 1. The van der Waals surface area contributed by atoms with E-state index in [1.165, 1.54) is 6.07 Å². The quantitative estimate of drug-likeness (QED) is 0.592. The van der Waals surface area contributed by atoms with Crippen molar-refractivity contribution in [3.05, 3.63) is 33.9 Å². The maximum atomic E-state index is 11.8. The zero-order valence-corrected chi connectivity index (χ0v) is 11.9. The minimum atomic E-state index is -0.433. The van der Waals surface area contributed by atoms with E-state index in [2.05, 4.69) is 5.32 Å². The highest BCUT2D eigenvalue weighted by Gasteiger charge is 2.15. The first kappa shape index (κ1) is 16.1. The number of nitro benzene ring substituents is 1. The average molecular weight is 279 g/mol. The molecule has 1 rings (SSSR count). The standard InChI is InChI=1S/C14H21N3O3/c1-3-5-11(15)8-14(18)16-12-7-6-10(4-2)13(9-12)17(19)20/h6-7,9,11H,3-5,8,15H2,1-2H3,(H,16,18). The van der Waals surface area contributed by atoms with Crippen LogP contribution in [0.25, 0.3) is 0 Å². The zero-order valence-electron chi connectivity index (χ0n) is 11.9. The fraction of sp³-hybridized carbons (Fsp3) is 0.500. The topological polar surface area (TPSA) is 98.3 Å². The lowest BCUT2D eigenvalue weighted by Gasteiger charge is -2.11. The van der Waals surface area contributed by atoms with Crippen molar-refractivity contribution in [3.8, 4) is 0 Å². The molecule has 1 atom stereocenters. The van der Waals surface area contributed by atoms with E-state index in [0.717, 1.165) is 12.8 Å². The highest BCUT2D eigenvalue weighted by Crippen LogP contribution is 2.23. The van der Waals surface area contributed by atoms with Crippen LogP contribution in [0.2, 0.25) is 0 Å². The summed E-state index contributed by atoms with van der Waals surface area (Å²) in [4.78, 5) is 22.3. The second-order valence-electron chi connectivity index (χ2n) is 4.76. The third kappa shape index (κ3) is 4.62. The number of hydrogen-bond acceptors (Lipinski definition) is 4. The van der Waals surface area contributed by atoms with Crippen molar-refractivity contribution < 1.29 is 9.72 Å². The van der Waals surface area contributed by atoms with Gasteiger partial charge in [0.25, 0.3) is 5.69 Å². The van der Waals surface area contributed by atoms with Crippen molar-refractivity contribution in [1.29, 1.82) is 0 Å². The van der Waals surface area contributed by atoms with Gasteiger partial charge >= 0.3 is 0 Å². The number of carbonyl (C=O) groups is 1. The average Bonchev–Trinajstić information content (AvgIpc) is 2.38. The van der Waals surface area contributed by atoms with Crippen LogP contribution in [-0.2, 0) is 11.2 Å². The Morgan fingerprint density at radius 2 is 2.15 bits per heavy atom. The SMILES string of the molecule is CCCC(N)CC(=O)Nc1ccc(CC)c([N+](=O)[O-])c1. The van der Waals surface area contributed by atoms with Crippen molar-refractivity contribution in [2.45, 2.75) is 45.6 Å². The molecule has 0 saturated carbocycles. The third-order valence-electron chi connectivity index (χ3n) is 3.05. The lowest BCUT2D eigenvalue weighted by atomic mass is 10.1. The molecule has 0 aliphatic carbocycles. The molecular formula is C14H21N3O3. The molecule has 0 aliphatic rings. The minimum Gasteiger partial charge on any atom is -0.327 e. The third-order valence-corrected chi connectivity index (χ3v) is 3.05. The summed E-state index contributed by atoms with van der Waals surface area (Å²) in [6.45, 7) is 3.86. The summed E-state index contributed by atoms with van der Waals surface area (Å²) in [5.41, 5.74) is 6.91. The van der Waals surface area contributed by atoms with E-state index in [0.29, 0.717) is 17.7 Å². The summed E-state index contributed by atoms with van der Waals surface area (Å²) in [6.07, 6.45) is 2.50. The first-order valence-corrected chi connectivity index (χ1v) is 6.80. The molecule has 0 fully saturated rings. The molecule has 0 spiro atoms. The van der Waals surface area contributed by atoms with Crippen molar-refractivity contribution in [3.63, 3.8) is 0 Å². The van der Waals surface area contributed by atoms with Gasteiger partial charge in [-0.05, 0) is 18.9 Å². The van der Waals surface area contributed by atoms with Gasteiger partial charge in [-0.15, -0.1) is 0 Å². The normalized spacial score (nSPS) is 11.9. The summed E-state index contributed by atoms with van der Waals surface area (Å²) in [5, 5.41) is 13.6. The molecule has 0 heterocycles. The maximum Gasteiger partial charge on any atom is 0.274 e. The summed E-state index contributed by atoms with van der Waals surface area (Å²) in [6, 6.07) is 4.56. The molecule has 6 nitrogen and oxygen atoms in total. The van der Waals surface area contributed by atoms with E-state index in [4.69, 9.17) is 5.73 Å². The monoisotopic (exact) mass is 279 g/mol. The van der Waals surface area contributed by atoms with Crippen molar-refractivity contribution in [2.24, 2.45) is 5.73 Å². The Morgan fingerprint density at radius 1 is 1.45 bits per heavy atom. The molecule has 1 unspecified atom stereocenters. The predicted octanol–water partition coefficient (Wildman–Crippen LogP) is 2.61. The fourth-order valence-electron chi connectivity index (χ4n) is 2.03. The number of rotatable bonds is 7. The molecule has 1 aromatic rings. The molecule has 20 heavy (non-hydrogen) atoms. The Balaban J connectivity index is 2.75. The lowest BCUT2D eigenvalue weighted by molar-refractivity contribution is -0.385. The summed E-state index contributed by atoms with van der Waals surface area (Å²) in [5.74, 6) is -0.218. The molecule has 0 bridgehead atoms. The van der Waals surface area contributed by atoms with Crippen molar-refractivity contribution >= 4 is 17.3 Å². The van der Waals surface area contributed by atoms with Crippen LogP contribution in [0.15, 0.2) is 18.2 Å². The number of nitrogens with one attached hydrogen (secondary N) is 1. The largest absolute Gasteiger partial charge is 0.327 e. The van der Waals surface area contributed by atoms with Gasteiger partial charge in [-0.25, -0.2) is 0 Å². The van der Waals surface area contributed by atoms with Crippen LogP contribution < -0.4 is 11.1 Å². The van der Waals surface area contributed by atoms with E-state index in [1.807, 2.05) is 13.8 Å². The molecule has 1 aromatic carbocycles. The fourth-order valence-corrected chi connectivity index (χ4v) is 2.03. The van der Waals surface area contributed by atoms with Crippen LogP contribution in [0.3, 0.4) is 0 Å². The molecule has 0 aliphatic heterocycles. The Labute approximate surface area is 118 Å². The Bertz CT molecular complexity index is 489. The number of anilines is 1. The second kappa shape index (κ2) is 7.59. The number of aryl methyl sites for hydroxylation is 1. The highest BCUT2D eigenvalue weighted by molar-refractivity contribution is 5.91. The molecule has 6 heteroatoms. The first-order chi connectivity index (χ1) is 9.47. The molecule has 0 aromatic heterocycles. The van der Waals surface area contributed by atoms with Crippen LogP contribution in [0.4, 0.5) is 11.4 Å². The van der Waals surface area contributed by atoms with E-state index in [1.54, 1.807) is 12.1 Å². The molecular weight excluding hydrogens is 258 g/mol. The number of hydrogen-bond donors (Lipinski definition) is 2. The van der Waals surface area contributed by atoms with Gasteiger partial charge in [-0.2, -0.15) is 0 Å². The van der Waals surface area contributed by atoms with Gasteiger partial charge in [0.1, 0.15) is 0 Å². The van der Waals surface area contributed by atoms with E-state index < -0.39 is 4.92 Å². The zero-order chi connectivity index (χ0) is 15.1. The predicted molar refractivity (Wildman–Crippen MR) is 78.6 cm³/mol. The molecule has 110 valence electrons. The van der Waals surface area contributed by atoms with Crippen LogP contribution >= 0.6 is 0 Å². The number of nitrogens with two attached hydrogens (primary N) is 1. The van der Waals surface area contributed by atoms with Crippen LogP contribution in [0.5, 0.6) is 0 Å². The summed E-state index contributed by atoms with van der Waals surface area (Å²) >= 11 is 0. The summed E-state index contributed by atoms with van der Waals surface area (Å²) in [7, 11) is 0. The molecule has 0 radical (unpaired) electrons. The number of carbonyl (C=O) groups excluding carboxylic acids is 1. The van der Waals surface area contributed by atoms with Crippen LogP contribution in [0.1, 0.15) is 38.7 Å². The Hall–Kier alpha value is -1.95. The van der Waals surface area contributed by atoms with Crippen LogP contribution in [-0.4, -0.2) is 16.9 Å². The Morgan fingerprint density at radius 3 is 2.70 bits per heavy atom. The molecule has 1 amide bonds. The Kier molecular flexibility index (Phi) is 6.11. The van der Waals surface area contributed by atoms with E-state index in [-0.39, 0.29) is 24.1 Å². The van der Waals surface area contributed by atoms with E-state index >= 15 is 0 Å². The lowest BCUT2D eigenvalue weighted by Crippen LogP contribution is -2.26. The summed E-state index contributed by atoms with van der Waals surface area (Å²) < 4.78 is 0. The highest BCUT2D eigenvalue weighted by atomic mass is 16.6.